The van der Waals surface area contributed by atoms with Gasteiger partial charge in [0.15, 0.2) is 0 Å². The first-order valence-electron chi connectivity index (χ1n) is 10.5. The van der Waals surface area contributed by atoms with Gasteiger partial charge in [0, 0.05) is 37.1 Å². The Labute approximate surface area is 182 Å². The maximum absolute atomic E-state index is 11.7. The van der Waals surface area contributed by atoms with Crippen molar-refractivity contribution >= 4 is 17.4 Å². The number of benzene rings is 1. The minimum absolute atomic E-state index is 0.166. The Hall–Kier alpha value is -3.13. The van der Waals surface area contributed by atoms with Crippen LogP contribution in [0.15, 0.2) is 53.5 Å². The van der Waals surface area contributed by atoms with E-state index in [4.69, 9.17) is 15.2 Å². The fourth-order valence-corrected chi connectivity index (χ4v) is 3.94. The number of rotatable bonds is 4. The number of nitrogens with zero attached hydrogens (tertiary/aromatic N) is 3. The number of fused-ring (bicyclic) bond motifs is 1. The zero-order chi connectivity index (χ0) is 22.4. The number of carbonyl (C=O) groups excluding carboxylic acids is 1. The van der Waals surface area contributed by atoms with Crippen LogP contribution in [-0.4, -0.2) is 49.2 Å². The van der Waals surface area contributed by atoms with Gasteiger partial charge >= 0.3 is 5.97 Å². The van der Waals surface area contributed by atoms with E-state index in [1.54, 1.807) is 30.5 Å². The van der Waals surface area contributed by atoms with Crippen LogP contribution in [0.25, 0.3) is 5.70 Å². The number of ether oxygens (including phenoxy) is 2. The molecule has 1 saturated carbocycles. The monoisotopic (exact) mass is 426 g/mol. The van der Waals surface area contributed by atoms with Crippen molar-refractivity contribution in [1.82, 2.24) is 9.80 Å². The van der Waals surface area contributed by atoms with Crippen molar-refractivity contribution in [2.45, 2.75) is 44.3 Å². The molecule has 4 rings (SSSR count). The average molecular weight is 427 g/mol. The second-order valence-corrected chi connectivity index (χ2v) is 7.79. The molecule has 1 aromatic rings. The smallest absolute Gasteiger partial charge is 0.337 e. The molecule has 0 spiro atoms. The Morgan fingerprint density at radius 2 is 1.94 bits per heavy atom. The summed E-state index contributed by atoms with van der Waals surface area (Å²) in [5, 5.41) is 3.11. The van der Waals surface area contributed by atoms with E-state index in [1.807, 2.05) is 29.1 Å². The van der Waals surface area contributed by atoms with Crippen LogP contribution in [-0.2, 0) is 9.53 Å². The Morgan fingerprint density at radius 3 is 2.52 bits per heavy atom. The molecule has 1 unspecified atom stereocenters. The van der Waals surface area contributed by atoms with Crippen LogP contribution in [0, 0.1) is 4.91 Å². The fourth-order valence-electron chi connectivity index (χ4n) is 3.94. The molecule has 1 atom stereocenters. The molecule has 0 aromatic heterocycles. The number of methoxy groups -OCH3 is 2. The molecule has 0 saturated heterocycles. The summed E-state index contributed by atoms with van der Waals surface area (Å²) in [6, 6.07) is 5.71. The molecule has 1 aromatic carbocycles. The summed E-state index contributed by atoms with van der Waals surface area (Å²) in [6.45, 7) is 0. The van der Waals surface area contributed by atoms with Crippen molar-refractivity contribution in [3.63, 3.8) is 0 Å². The quantitative estimate of drug-likeness (QED) is 0.576. The average Bonchev–Trinajstić information content (AvgIpc) is 3.14. The van der Waals surface area contributed by atoms with Gasteiger partial charge in [0.2, 0.25) is 0 Å². The summed E-state index contributed by atoms with van der Waals surface area (Å²) in [5.74, 6) is 0.188. The van der Waals surface area contributed by atoms with Crippen molar-refractivity contribution in [1.29, 1.82) is 0 Å². The summed E-state index contributed by atoms with van der Waals surface area (Å²) in [4.78, 5) is 26.8. The number of hydrogen-bond donors (Lipinski definition) is 1. The van der Waals surface area contributed by atoms with E-state index < -0.39 is 0 Å². The molecular weight excluding hydrogens is 396 g/mol. The first-order chi connectivity index (χ1) is 15.0. The maximum atomic E-state index is 11.7. The highest BCUT2D eigenvalue weighted by Crippen LogP contribution is 2.38. The number of carbonyl (C=O) groups is 1. The molecule has 2 heterocycles. The number of hydrogen-bond acceptors (Lipinski definition) is 8. The standard InChI is InChI=1S/C17H17N3O4.C6H13N/c1-19-15(13-5-4-12(23-2)9-14(13)18-22)10-20-7-6-11(8-16(19)20)17(21)24-3;7-6-4-2-1-3-5-6/h4-10,16H,1-3H3;6H,1-5,7H2. The minimum atomic E-state index is -0.382. The van der Waals surface area contributed by atoms with Gasteiger partial charge in [-0.3, -0.25) is 0 Å². The lowest BCUT2D eigenvalue weighted by Gasteiger charge is -2.29. The van der Waals surface area contributed by atoms with E-state index in [1.165, 1.54) is 46.3 Å². The lowest BCUT2D eigenvalue weighted by molar-refractivity contribution is -0.135. The third-order valence-electron chi connectivity index (χ3n) is 5.76. The first kappa shape index (κ1) is 22.6. The summed E-state index contributed by atoms with van der Waals surface area (Å²) < 4.78 is 9.90. The molecule has 2 aliphatic heterocycles. The third kappa shape index (κ3) is 5.14. The molecule has 0 bridgehead atoms. The van der Waals surface area contributed by atoms with Gasteiger partial charge in [0.25, 0.3) is 0 Å². The molecule has 166 valence electrons. The van der Waals surface area contributed by atoms with Gasteiger partial charge in [-0.15, -0.1) is 4.91 Å². The van der Waals surface area contributed by atoms with Crippen molar-refractivity contribution in [2.75, 3.05) is 21.3 Å². The van der Waals surface area contributed by atoms with Crippen molar-refractivity contribution < 1.29 is 14.3 Å². The van der Waals surface area contributed by atoms with E-state index in [9.17, 15) is 9.70 Å². The molecule has 1 fully saturated rings. The largest absolute Gasteiger partial charge is 0.497 e. The number of nitrogens with two attached hydrogens (primary N) is 1. The number of nitroso groups, excluding NO2 is 1. The van der Waals surface area contributed by atoms with Gasteiger partial charge in [0.05, 0.1) is 25.5 Å². The Bertz CT molecular complexity index is 903. The van der Waals surface area contributed by atoms with Crippen LogP contribution >= 0.6 is 0 Å². The molecule has 1 aliphatic carbocycles. The highest BCUT2D eigenvalue weighted by molar-refractivity contribution is 5.92. The zero-order valence-electron chi connectivity index (χ0n) is 18.3. The number of likely N-dealkylation sites (N-methyl/N-ethyl adjacent to an activating group) is 1. The predicted molar refractivity (Wildman–Crippen MR) is 120 cm³/mol. The fraction of sp³-hybridized carbons (Fsp3) is 0.435. The normalized spacial score (nSPS) is 20.2. The summed E-state index contributed by atoms with van der Waals surface area (Å²) >= 11 is 0. The van der Waals surface area contributed by atoms with Crippen LogP contribution in [0.2, 0.25) is 0 Å². The second-order valence-electron chi connectivity index (χ2n) is 7.79. The second kappa shape index (κ2) is 10.3. The van der Waals surface area contributed by atoms with Crippen molar-refractivity contribution in [3.05, 3.63) is 58.8 Å². The summed E-state index contributed by atoms with van der Waals surface area (Å²) in [7, 11) is 4.78. The van der Waals surface area contributed by atoms with E-state index in [-0.39, 0.29) is 12.1 Å². The van der Waals surface area contributed by atoms with Crippen LogP contribution in [0.5, 0.6) is 5.75 Å². The van der Waals surface area contributed by atoms with Gasteiger partial charge in [0.1, 0.15) is 17.6 Å². The first-order valence-corrected chi connectivity index (χ1v) is 10.5. The van der Waals surface area contributed by atoms with Crippen LogP contribution < -0.4 is 10.5 Å². The molecule has 3 aliphatic rings. The third-order valence-corrected chi connectivity index (χ3v) is 5.76. The van der Waals surface area contributed by atoms with E-state index in [0.29, 0.717) is 28.6 Å². The lowest BCUT2D eigenvalue weighted by Crippen LogP contribution is -2.35. The molecule has 2 N–H and O–H groups in total. The molecular formula is C23H30N4O4. The Morgan fingerprint density at radius 1 is 1.19 bits per heavy atom. The van der Waals surface area contributed by atoms with Crippen molar-refractivity contribution in [2.24, 2.45) is 10.9 Å². The molecule has 8 nitrogen and oxygen atoms in total. The Balaban J connectivity index is 0.000000330. The van der Waals surface area contributed by atoms with Crippen molar-refractivity contribution in [3.8, 4) is 5.75 Å². The van der Waals surface area contributed by atoms with E-state index in [0.717, 1.165) is 5.70 Å². The predicted octanol–water partition coefficient (Wildman–Crippen LogP) is 3.87. The lowest BCUT2D eigenvalue weighted by atomic mass is 9.97. The summed E-state index contributed by atoms with van der Waals surface area (Å²) in [6.07, 6.45) is 13.7. The van der Waals surface area contributed by atoms with Crippen LogP contribution in [0.4, 0.5) is 5.69 Å². The van der Waals surface area contributed by atoms with Gasteiger partial charge in [-0.2, -0.15) is 0 Å². The molecule has 0 radical (unpaired) electrons. The van der Waals surface area contributed by atoms with Gasteiger partial charge in [-0.05, 0) is 42.3 Å². The summed E-state index contributed by atoms with van der Waals surface area (Å²) in [5.41, 5.74) is 7.95. The minimum Gasteiger partial charge on any atom is -0.497 e. The van der Waals surface area contributed by atoms with Gasteiger partial charge < -0.3 is 25.0 Å². The van der Waals surface area contributed by atoms with Gasteiger partial charge in [-0.1, -0.05) is 19.3 Å². The highest BCUT2D eigenvalue weighted by atomic mass is 16.5. The number of esters is 1. The molecule has 0 amide bonds. The van der Waals surface area contributed by atoms with E-state index >= 15 is 0 Å². The Kier molecular flexibility index (Phi) is 7.46. The van der Waals surface area contributed by atoms with Crippen LogP contribution in [0.3, 0.4) is 0 Å². The topological polar surface area (TPSA) is 97.5 Å². The maximum Gasteiger partial charge on any atom is 0.337 e. The highest BCUT2D eigenvalue weighted by Gasteiger charge is 2.32. The SMILES string of the molecule is COC(=O)C1=CC2N(C=C1)C=C(c1ccc(OC)cc1N=O)N2C.NC1CCCCC1. The van der Waals surface area contributed by atoms with Gasteiger partial charge in [-0.25, -0.2) is 4.79 Å². The zero-order valence-corrected chi connectivity index (χ0v) is 18.3. The molecule has 8 heteroatoms. The molecule has 31 heavy (non-hydrogen) atoms. The van der Waals surface area contributed by atoms with E-state index in [2.05, 4.69) is 5.18 Å². The van der Waals surface area contributed by atoms with Crippen LogP contribution in [0.1, 0.15) is 37.7 Å².